The Hall–Kier alpha value is -2.94. The van der Waals surface area contributed by atoms with Gasteiger partial charge in [0.2, 0.25) is 0 Å². The zero-order valence-corrected chi connectivity index (χ0v) is 16.2. The minimum Gasteiger partial charge on any atom is -0.334 e. The van der Waals surface area contributed by atoms with E-state index in [1.165, 1.54) is 0 Å². The van der Waals surface area contributed by atoms with Crippen molar-refractivity contribution in [1.82, 2.24) is 4.90 Å². The second-order valence-electron chi connectivity index (χ2n) is 6.77. The van der Waals surface area contributed by atoms with Crippen LogP contribution < -0.4 is 10.4 Å². The number of carbonyl (C=O) groups excluding carboxylic acids is 2. The van der Waals surface area contributed by atoms with Crippen LogP contribution in [0.25, 0.3) is 11.6 Å². The van der Waals surface area contributed by atoms with Crippen molar-refractivity contribution in [2.24, 2.45) is 0 Å². The summed E-state index contributed by atoms with van der Waals surface area (Å²) in [5, 5.41) is 2.31. The maximum absolute atomic E-state index is 13.1. The first-order valence-corrected chi connectivity index (χ1v) is 9.36. The molecule has 0 fully saturated rings. The normalized spacial score (nSPS) is 15.9. The van der Waals surface area contributed by atoms with Gasteiger partial charge in [0.15, 0.2) is 5.78 Å². The Labute approximate surface area is 160 Å². The summed E-state index contributed by atoms with van der Waals surface area (Å²) < 4.78 is 0. The van der Waals surface area contributed by atoms with Crippen LogP contribution in [0.1, 0.15) is 47.1 Å². The minimum atomic E-state index is -0.000637. The lowest BCUT2D eigenvalue weighted by atomic mass is 9.92. The predicted molar refractivity (Wildman–Crippen MR) is 110 cm³/mol. The molecule has 1 aliphatic rings. The first-order valence-electron chi connectivity index (χ1n) is 9.36. The molecular formula is C24H25NO2. The summed E-state index contributed by atoms with van der Waals surface area (Å²) in [5.74, 6) is 0.0148. The van der Waals surface area contributed by atoms with E-state index in [0.29, 0.717) is 30.6 Å². The van der Waals surface area contributed by atoms with Crippen LogP contribution in [-0.4, -0.2) is 29.7 Å². The Morgan fingerprint density at radius 3 is 2.59 bits per heavy atom. The highest BCUT2D eigenvalue weighted by Crippen LogP contribution is 2.23. The van der Waals surface area contributed by atoms with Crippen molar-refractivity contribution < 1.29 is 9.59 Å². The van der Waals surface area contributed by atoms with Gasteiger partial charge in [0.05, 0.1) is 0 Å². The van der Waals surface area contributed by atoms with E-state index in [0.717, 1.165) is 21.6 Å². The van der Waals surface area contributed by atoms with Crippen molar-refractivity contribution in [3.05, 3.63) is 81.7 Å². The molecule has 0 radical (unpaired) electrons. The number of nitrogens with zero attached hydrogens (tertiary/aromatic N) is 1. The quantitative estimate of drug-likeness (QED) is 0.787. The van der Waals surface area contributed by atoms with Crippen molar-refractivity contribution in [2.75, 3.05) is 13.1 Å². The van der Waals surface area contributed by atoms with Crippen LogP contribution in [0.4, 0.5) is 0 Å². The summed E-state index contributed by atoms with van der Waals surface area (Å²) in [7, 11) is 0. The average molecular weight is 359 g/mol. The Kier molecular flexibility index (Phi) is 5.70. The van der Waals surface area contributed by atoms with E-state index in [1.54, 1.807) is 13.0 Å². The molecule has 1 heterocycles. The van der Waals surface area contributed by atoms with Gasteiger partial charge in [0, 0.05) is 24.2 Å². The van der Waals surface area contributed by atoms with Gasteiger partial charge in [0.25, 0.3) is 5.91 Å². The third kappa shape index (κ3) is 3.77. The number of fused-ring (bicyclic) bond motifs is 1. The molecule has 0 N–H and O–H groups in total. The Morgan fingerprint density at radius 1 is 1.11 bits per heavy atom. The monoisotopic (exact) mass is 359 g/mol. The molecule has 2 aromatic carbocycles. The molecule has 0 unspecified atom stereocenters. The number of hydrogen-bond donors (Lipinski definition) is 0. The molecule has 3 heteroatoms. The Balaban J connectivity index is 2.02. The predicted octanol–water partition coefficient (Wildman–Crippen LogP) is 3.11. The zero-order chi connectivity index (χ0) is 19.4. The lowest BCUT2D eigenvalue weighted by Gasteiger charge is -2.30. The van der Waals surface area contributed by atoms with Crippen LogP contribution >= 0.6 is 0 Å². The van der Waals surface area contributed by atoms with Gasteiger partial charge in [-0.25, -0.2) is 0 Å². The molecule has 1 aliphatic heterocycles. The molecule has 0 atom stereocenters. The summed E-state index contributed by atoms with van der Waals surface area (Å²) in [6.07, 6.45) is 6.89. The van der Waals surface area contributed by atoms with Gasteiger partial charge in [-0.3, -0.25) is 9.59 Å². The number of rotatable bonds is 4. The lowest BCUT2D eigenvalue weighted by molar-refractivity contribution is 0.0761. The lowest BCUT2D eigenvalue weighted by Crippen LogP contribution is -2.41. The maximum atomic E-state index is 13.1. The SMILES string of the molecule is C\C=C/C(CN1CCc2c(C(C)=O)cccc2C1=O)=c1/cccc/c1=C\C. The molecule has 0 saturated heterocycles. The number of hydrogen-bond acceptors (Lipinski definition) is 2. The van der Waals surface area contributed by atoms with Crippen molar-refractivity contribution in [1.29, 1.82) is 0 Å². The van der Waals surface area contributed by atoms with E-state index in [4.69, 9.17) is 0 Å². The van der Waals surface area contributed by atoms with E-state index in [-0.39, 0.29) is 11.7 Å². The standard InChI is InChI=1S/C24H25NO2/c1-4-9-19(21-11-7-6-10-18(21)5-2)16-25-15-14-22-20(17(3)26)12-8-13-23(22)24(25)27/h4-13H,14-16H2,1-3H3/b9-4-,18-5+,21-19+. The molecular weight excluding hydrogens is 334 g/mol. The Morgan fingerprint density at radius 2 is 1.89 bits per heavy atom. The number of Topliss-reactive ketones (excluding diaryl/α,β-unsaturated/α-hetero) is 1. The average Bonchev–Trinajstić information content (AvgIpc) is 2.69. The molecule has 1 amide bonds. The first kappa shape index (κ1) is 18.8. The molecule has 3 nitrogen and oxygen atoms in total. The van der Waals surface area contributed by atoms with E-state index < -0.39 is 0 Å². The van der Waals surface area contributed by atoms with Crippen molar-refractivity contribution in [3.63, 3.8) is 0 Å². The first-order chi connectivity index (χ1) is 13.1. The Bertz CT molecular complexity index is 1030. The number of carbonyl (C=O) groups is 2. The van der Waals surface area contributed by atoms with E-state index >= 15 is 0 Å². The summed E-state index contributed by atoms with van der Waals surface area (Å²) >= 11 is 0. The van der Waals surface area contributed by atoms with E-state index in [1.807, 2.05) is 49.1 Å². The van der Waals surface area contributed by atoms with Crippen LogP contribution in [0.2, 0.25) is 0 Å². The van der Waals surface area contributed by atoms with Gasteiger partial charge >= 0.3 is 0 Å². The third-order valence-corrected chi connectivity index (χ3v) is 5.05. The van der Waals surface area contributed by atoms with Gasteiger partial charge in [0.1, 0.15) is 0 Å². The van der Waals surface area contributed by atoms with Crippen LogP contribution in [0.3, 0.4) is 0 Å². The number of ketones is 1. The third-order valence-electron chi connectivity index (χ3n) is 5.05. The molecule has 0 aliphatic carbocycles. The van der Waals surface area contributed by atoms with Gasteiger partial charge in [-0.1, -0.05) is 54.6 Å². The molecule has 27 heavy (non-hydrogen) atoms. The molecule has 0 bridgehead atoms. The smallest absolute Gasteiger partial charge is 0.254 e. The van der Waals surface area contributed by atoms with E-state index in [2.05, 4.69) is 24.3 Å². The minimum absolute atomic E-state index is 0.000637. The molecule has 0 saturated carbocycles. The fourth-order valence-corrected chi connectivity index (χ4v) is 3.73. The topological polar surface area (TPSA) is 37.4 Å². The van der Waals surface area contributed by atoms with Gasteiger partial charge in [-0.05, 0) is 54.8 Å². The van der Waals surface area contributed by atoms with Gasteiger partial charge < -0.3 is 4.90 Å². The number of benzene rings is 2. The second-order valence-corrected chi connectivity index (χ2v) is 6.77. The fourth-order valence-electron chi connectivity index (χ4n) is 3.73. The summed E-state index contributed by atoms with van der Waals surface area (Å²) in [5.41, 5.74) is 3.33. The zero-order valence-electron chi connectivity index (χ0n) is 16.2. The van der Waals surface area contributed by atoms with Crippen molar-refractivity contribution in [2.45, 2.75) is 27.2 Å². The van der Waals surface area contributed by atoms with Crippen LogP contribution in [-0.2, 0) is 6.42 Å². The largest absolute Gasteiger partial charge is 0.334 e. The van der Waals surface area contributed by atoms with Crippen LogP contribution in [0.5, 0.6) is 0 Å². The second kappa shape index (κ2) is 8.17. The van der Waals surface area contributed by atoms with E-state index in [9.17, 15) is 9.59 Å². The van der Waals surface area contributed by atoms with Gasteiger partial charge in [-0.15, -0.1) is 0 Å². The molecule has 0 spiro atoms. The molecule has 3 rings (SSSR count). The van der Waals surface area contributed by atoms with Crippen molar-refractivity contribution >= 4 is 23.3 Å². The summed E-state index contributed by atoms with van der Waals surface area (Å²) in [6.45, 7) is 6.75. The highest BCUT2D eigenvalue weighted by Gasteiger charge is 2.27. The number of allylic oxidation sites excluding steroid dienone is 1. The van der Waals surface area contributed by atoms with Crippen LogP contribution in [0.15, 0.2) is 54.6 Å². The number of amides is 1. The van der Waals surface area contributed by atoms with Gasteiger partial charge in [-0.2, -0.15) is 0 Å². The highest BCUT2D eigenvalue weighted by molar-refractivity contribution is 6.03. The maximum Gasteiger partial charge on any atom is 0.254 e. The fraction of sp³-hybridized carbons (Fsp3) is 0.250. The highest BCUT2D eigenvalue weighted by atomic mass is 16.2. The van der Waals surface area contributed by atoms with Crippen molar-refractivity contribution in [3.8, 4) is 0 Å². The summed E-state index contributed by atoms with van der Waals surface area (Å²) in [4.78, 5) is 26.9. The molecule has 0 aromatic heterocycles. The van der Waals surface area contributed by atoms with Crippen LogP contribution in [0, 0.1) is 0 Å². The summed E-state index contributed by atoms with van der Waals surface area (Å²) in [6, 6.07) is 13.7. The molecule has 138 valence electrons. The molecule has 2 aromatic rings.